The number of urea groups is 1. The van der Waals surface area contributed by atoms with E-state index in [0.717, 1.165) is 11.1 Å². The van der Waals surface area contributed by atoms with Gasteiger partial charge in [0.1, 0.15) is 5.82 Å². The van der Waals surface area contributed by atoms with Crippen LogP contribution in [0.3, 0.4) is 0 Å². The van der Waals surface area contributed by atoms with Crippen LogP contribution in [0.1, 0.15) is 11.1 Å². The first-order chi connectivity index (χ1) is 8.56. The van der Waals surface area contributed by atoms with Crippen LogP contribution >= 0.6 is 11.6 Å². The Hall–Kier alpha value is -2.01. The van der Waals surface area contributed by atoms with Gasteiger partial charge in [0, 0.05) is 16.3 Å². The highest BCUT2D eigenvalue weighted by Gasteiger charge is 2.06. The van der Waals surface area contributed by atoms with Gasteiger partial charge in [-0.3, -0.25) is 10.4 Å². The highest BCUT2D eigenvalue weighted by molar-refractivity contribution is 6.31. The van der Waals surface area contributed by atoms with Crippen LogP contribution in [-0.4, -0.2) is 16.2 Å². The summed E-state index contributed by atoms with van der Waals surface area (Å²) in [5.41, 5.74) is 2.47. The number of anilines is 2. The van der Waals surface area contributed by atoms with E-state index in [-0.39, 0.29) is 6.03 Å². The van der Waals surface area contributed by atoms with Crippen molar-refractivity contribution in [2.75, 3.05) is 10.6 Å². The van der Waals surface area contributed by atoms with Gasteiger partial charge in [-0.2, -0.15) is 5.10 Å². The van der Waals surface area contributed by atoms with E-state index in [9.17, 15) is 4.79 Å². The first-order valence-electron chi connectivity index (χ1n) is 5.40. The van der Waals surface area contributed by atoms with Gasteiger partial charge in [-0.1, -0.05) is 17.7 Å². The summed E-state index contributed by atoms with van der Waals surface area (Å²) >= 11 is 5.98. The highest BCUT2D eigenvalue weighted by atomic mass is 35.5. The molecule has 3 N–H and O–H groups in total. The van der Waals surface area contributed by atoms with Gasteiger partial charge in [-0.25, -0.2) is 4.79 Å². The minimum Gasteiger partial charge on any atom is -0.308 e. The molecule has 0 unspecified atom stereocenters. The van der Waals surface area contributed by atoms with E-state index in [2.05, 4.69) is 20.8 Å². The van der Waals surface area contributed by atoms with E-state index in [1.807, 2.05) is 19.9 Å². The topological polar surface area (TPSA) is 69.8 Å². The average molecular weight is 265 g/mol. The number of benzene rings is 1. The van der Waals surface area contributed by atoms with E-state index in [1.165, 1.54) is 0 Å². The Labute approximate surface area is 110 Å². The van der Waals surface area contributed by atoms with E-state index in [0.29, 0.717) is 16.5 Å². The predicted octanol–water partition coefficient (Wildman–Crippen LogP) is 3.32. The number of amides is 2. The van der Waals surface area contributed by atoms with E-state index in [4.69, 9.17) is 11.6 Å². The molecule has 94 valence electrons. The van der Waals surface area contributed by atoms with Gasteiger partial charge in [-0.15, -0.1) is 0 Å². The number of nitrogens with zero attached hydrogens (tertiary/aromatic N) is 1. The van der Waals surface area contributed by atoms with E-state index >= 15 is 0 Å². The SMILES string of the molecule is Cc1ccc(NC(=O)Nc2[nH]ncc2C)cc1Cl. The zero-order valence-corrected chi connectivity index (χ0v) is 10.8. The van der Waals surface area contributed by atoms with Gasteiger partial charge in [0.25, 0.3) is 0 Å². The molecule has 2 rings (SSSR count). The predicted molar refractivity (Wildman–Crippen MR) is 72.2 cm³/mol. The average Bonchev–Trinajstić information content (AvgIpc) is 2.70. The number of hydrogen-bond donors (Lipinski definition) is 3. The zero-order valence-electron chi connectivity index (χ0n) is 10.0. The molecule has 1 aromatic carbocycles. The second-order valence-corrected chi connectivity index (χ2v) is 4.38. The standard InChI is InChI=1S/C12H13ClN4O/c1-7-3-4-9(5-10(7)13)15-12(18)16-11-8(2)6-14-17-11/h3-6H,1-2H3,(H3,14,15,16,17,18). The van der Waals surface area contributed by atoms with Gasteiger partial charge < -0.3 is 5.32 Å². The molecule has 18 heavy (non-hydrogen) atoms. The van der Waals surface area contributed by atoms with Crippen LogP contribution in [0.25, 0.3) is 0 Å². The molecule has 0 aliphatic heterocycles. The summed E-state index contributed by atoms with van der Waals surface area (Å²) in [7, 11) is 0. The largest absolute Gasteiger partial charge is 0.324 e. The van der Waals surface area contributed by atoms with Crippen molar-refractivity contribution in [3.8, 4) is 0 Å². The molecule has 2 aromatic rings. The maximum absolute atomic E-state index is 11.7. The maximum atomic E-state index is 11.7. The van der Waals surface area contributed by atoms with Crippen LogP contribution in [0, 0.1) is 13.8 Å². The fourth-order valence-electron chi connectivity index (χ4n) is 1.42. The number of nitrogens with one attached hydrogen (secondary N) is 3. The molecule has 0 spiro atoms. The molecule has 2 amide bonds. The highest BCUT2D eigenvalue weighted by Crippen LogP contribution is 2.20. The van der Waals surface area contributed by atoms with Crippen molar-refractivity contribution in [2.24, 2.45) is 0 Å². The summed E-state index contributed by atoms with van der Waals surface area (Å²) in [6.45, 7) is 3.75. The monoisotopic (exact) mass is 264 g/mol. The molecule has 0 bridgehead atoms. The fourth-order valence-corrected chi connectivity index (χ4v) is 1.60. The number of halogens is 1. The van der Waals surface area contributed by atoms with Crippen LogP contribution < -0.4 is 10.6 Å². The van der Waals surface area contributed by atoms with Crippen LogP contribution in [0.5, 0.6) is 0 Å². The Kier molecular flexibility index (Phi) is 3.53. The molecule has 0 fully saturated rings. The second-order valence-electron chi connectivity index (χ2n) is 3.97. The van der Waals surface area contributed by atoms with Crippen molar-refractivity contribution >= 4 is 29.1 Å². The summed E-state index contributed by atoms with van der Waals surface area (Å²) in [6, 6.07) is 5.00. The van der Waals surface area contributed by atoms with Crippen LogP contribution in [0.15, 0.2) is 24.4 Å². The minimum absolute atomic E-state index is 0.345. The van der Waals surface area contributed by atoms with Crippen LogP contribution in [0.4, 0.5) is 16.3 Å². The van der Waals surface area contributed by atoms with E-state index in [1.54, 1.807) is 18.3 Å². The Morgan fingerprint density at radius 3 is 2.67 bits per heavy atom. The quantitative estimate of drug-likeness (QED) is 0.779. The Balaban J connectivity index is 2.03. The van der Waals surface area contributed by atoms with E-state index < -0.39 is 0 Å². The third kappa shape index (κ3) is 2.81. The van der Waals surface area contributed by atoms with Crippen molar-refractivity contribution in [3.63, 3.8) is 0 Å². The van der Waals surface area contributed by atoms with Gasteiger partial charge in [0.15, 0.2) is 0 Å². The molecule has 0 radical (unpaired) electrons. The number of carbonyl (C=O) groups is 1. The van der Waals surface area contributed by atoms with Crippen molar-refractivity contribution in [2.45, 2.75) is 13.8 Å². The van der Waals surface area contributed by atoms with Crippen molar-refractivity contribution in [1.29, 1.82) is 0 Å². The van der Waals surface area contributed by atoms with Gasteiger partial charge in [0.05, 0.1) is 6.20 Å². The summed E-state index contributed by atoms with van der Waals surface area (Å²) in [6.07, 6.45) is 1.64. The molecule has 1 aromatic heterocycles. The summed E-state index contributed by atoms with van der Waals surface area (Å²) < 4.78 is 0. The summed E-state index contributed by atoms with van der Waals surface area (Å²) in [5.74, 6) is 0.575. The van der Waals surface area contributed by atoms with Crippen molar-refractivity contribution < 1.29 is 4.79 Å². The third-order valence-corrected chi connectivity index (χ3v) is 2.90. The molecule has 0 aliphatic carbocycles. The molecule has 1 heterocycles. The fraction of sp³-hybridized carbons (Fsp3) is 0.167. The number of carbonyl (C=O) groups excluding carboxylic acids is 1. The first kappa shape index (κ1) is 12.4. The molecule has 6 heteroatoms. The molecule has 0 saturated heterocycles. The maximum Gasteiger partial charge on any atom is 0.324 e. The Morgan fingerprint density at radius 2 is 2.06 bits per heavy atom. The molecule has 0 saturated carbocycles. The Bertz CT molecular complexity index is 579. The molecular formula is C12H13ClN4O. The Morgan fingerprint density at radius 1 is 1.28 bits per heavy atom. The lowest BCUT2D eigenvalue weighted by atomic mass is 10.2. The molecule has 0 aliphatic rings. The van der Waals surface area contributed by atoms with Crippen LogP contribution in [0.2, 0.25) is 5.02 Å². The van der Waals surface area contributed by atoms with Crippen LogP contribution in [-0.2, 0) is 0 Å². The molecule has 0 atom stereocenters. The second kappa shape index (κ2) is 5.10. The number of H-pyrrole nitrogens is 1. The smallest absolute Gasteiger partial charge is 0.308 e. The molecular weight excluding hydrogens is 252 g/mol. The number of aromatic amines is 1. The lowest BCUT2D eigenvalue weighted by Crippen LogP contribution is -2.20. The third-order valence-electron chi connectivity index (χ3n) is 2.50. The summed E-state index contributed by atoms with van der Waals surface area (Å²) in [5, 5.41) is 12.5. The number of aryl methyl sites for hydroxylation is 2. The van der Waals surface area contributed by atoms with Gasteiger partial charge in [0.2, 0.25) is 0 Å². The zero-order chi connectivity index (χ0) is 13.1. The molecule has 5 nitrogen and oxygen atoms in total. The minimum atomic E-state index is -0.345. The van der Waals surface area contributed by atoms with Gasteiger partial charge in [-0.05, 0) is 31.5 Å². The first-order valence-corrected chi connectivity index (χ1v) is 5.78. The van der Waals surface area contributed by atoms with Crippen molar-refractivity contribution in [1.82, 2.24) is 10.2 Å². The normalized spacial score (nSPS) is 10.2. The van der Waals surface area contributed by atoms with Crippen molar-refractivity contribution in [3.05, 3.63) is 40.5 Å². The number of hydrogen-bond acceptors (Lipinski definition) is 2. The lowest BCUT2D eigenvalue weighted by molar-refractivity contribution is 0.262. The lowest BCUT2D eigenvalue weighted by Gasteiger charge is -2.07. The summed E-state index contributed by atoms with van der Waals surface area (Å²) in [4.78, 5) is 11.7. The van der Waals surface area contributed by atoms with Gasteiger partial charge >= 0.3 is 6.03 Å². The number of rotatable bonds is 2. The number of aromatic nitrogens is 2.